The van der Waals surface area contributed by atoms with Gasteiger partial charge in [0, 0.05) is 6.42 Å². The fourth-order valence-electron chi connectivity index (χ4n) is 14.0. The molecule has 17 unspecified atom stereocenters. The van der Waals surface area contributed by atoms with Crippen molar-refractivity contribution in [3.63, 3.8) is 0 Å². The lowest BCUT2D eigenvalue weighted by Crippen LogP contribution is -2.66. The summed E-state index contributed by atoms with van der Waals surface area (Å²) in [6.07, 6.45) is 45.6. The van der Waals surface area contributed by atoms with E-state index >= 15 is 0 Å². The van der Waals surface area contributed by atoms with Crippen molar-refractivity contribution >= 4 is 5.91 Å². The molecule has 12 N–H and O–H groups in total. The normalized spacial score (nSPS) is 26.8. The summed E-state index contributed by atoms with van der Waals surface area (Å²) in [6.45, 7) is 1.84. The maximum absolute atomic E-state index is 13.5. The van der Waals surface area contributed by atoms with E-state index in [0.717, 1.165) is 51.4 Å². The first kappa shape index (κ1) is 90.5. The molecule has 17 atom stereocenters. The number of rotatable bonds is 65. The number of unbranched alkanes of at least 4 members (excludes halogenated alkanes) is 45. The van der Waals surface area contributed by atoms with E-state index in [9.17, 15) is 61.0 Å². The third kappa shape index (κ3) is 40.5. The molecule has 1 amide bonds. The van der Waals surface area contributed by atoms with Crippen LogP contribution in [0.4, 0.5) is 0 Å². The van der Waals surface area contributed by atoms with Crippen LogP contribution < -0.4 is 5.32 Å². The van der Waals surface area contributed by atoms with Crippen molar-refractivity contribution < 1.29 is 89.4 Å². The van der Waals surface area contributed by atoms with Gasteiger partial charge in [-0.05, 0) is 44.9 Å². The van der Waals surface area contributed by atoms with Gasteiger partial charge in [-0.25, -0.2) is 0 Å². The highest BCUT2D eigenvalue weighted by molar-refractivity contribution is 5.76. The molecule has 3 aliphatic rings. The minimum atomic E-state index is -1.97. The number of nitrogens with one attached hydrogen (secondary N) is 1. The molecule has 0 spiro atoms. The Hall–Kier alpha value is -1.73. The van der Waals surface area contributed by atoms with Crippen LogP contribution in [0, 0.1) is 0 Å². The topological polar surface area (TPSA) is 307 Å². The second-order valence-corrected chi connectivity index (χ2v) is 29.2. The highest BCUT2D eigenvalue weighted by atomic mass is 16.8. The summed E-state index contributed by atoms with van der Waals surface area (Å²) >= 11 is 0. The van der Waals surface area contributed by atoms with Crippen molar-refractivity contribution in [1.29, 1.82) is 0 Å². The molecule has 0 aromatic heterocycles. The molecule has 3 heterocycles. The molecule has 19 nitrogen and oxygen atoms in total. The number of aliphatic hydroxyl groups is 11. The van der Waals surface area contributed by atoms with Gasteiger partial charge < -0.3 is 89.9 Å². The van der Waals surface area contributed by atoms with Gasteiger partial charge in [0.05, 0.1) is 38.6 Å². The van der Waals surface area contributed by atoms with Gasteiger partial charge in [-0.1, -0.05) is 314 Å². The second kappa shape index (κ2) is 60.5. The van der Waals surface area contributed by atoms with Gasteiger partial charge in [0.1, 0.15) is 73.2 Å². The number of carbonyl (C=O) groups excluding carboxylic acids is 1. The molecule has 98 heavy (non-hydrogen) atoms. The van der Waals surface area contributed by atoms with Crippen LogP contribution in [0.3, 0.4) is 0 Å². The Balaban J connectivity index is 1.34. The largest absolute Gasteiger partial charge is 0.394 e. The van der Waals surface area contributed by atoms with Gasteiger partial charge in [0.2, 0.25) is 5.91 Å². The standard InChI is InChI=1S/C79H149NO18/c1-3-5-7-9-11-13-15-17-19-21-23-25-26-27-28-29-30-31-32-33-34-35-36-37-39-41-43-45-47-49-51-53-55-57-67(85)80-62(63(84)56-54-52-50-48-46-44-42-40-38-24-22-20-18-16-14-12-10-8-6-4-2)61-93-77-73(91)70(88)75(65(59-82)95-77)98-79-74(92)71(89)76(66(60-83)96-79)97-78-72(90)69(87)68(86)64(58-81)94-78/h15,17,21,23,62-66,68-79,81-84,86-92H,3-14,16,18-20,22,24-61H2,1-2H3,(H,80,85)/b17-15-,23-21-. The van der Waals surface area contributed by atoms with Crippen LogP contribution in [0.1, 0.15) is 341 Å². The minimum Gasteiger partial charge on any atom is -0.394 e. The summed E-state index contributed by atoms with van der Waals surface area (Å²) in [5.74, 6) is -0.235. The van der Waals surface area contributed by atoms with Crippen molar-refractivity contribution in [2.75, 3.05) is 26.4 Å². The lowest BCUT2D eigenvalue weighted by Gasteiger charge is -2.48. The lowest BCUT2D eigenvalue weighted by atomic mass is 9.96. The van der Waals surface area contributed by atoms with Crippen LogP contribution in [0.5, 0.6) is 0 Å². The van der Waals surface area contributed by atoms with Crippen LogP contribution in [-0.2, 0) is 33.2 Å². The highest BCUT2D eigenvalue weighted by Crippen LogP contribution is 2.33. The quantitative estimate of drug-likeness (QED) is 0.0199. The molecule has 19 heteroatoms. The molecule has 0 radical (unpaired) electrons. The SMILES string of the molecule is CCCCCCC/C=C\C/C=C\CCCCCCCCCCCCCCCCCCCCCCCC(=O)NC(COC1OC(CO)C(OC2OC(CO)C(OC3OC(CO)C(O)C(O)C3O)C(O)C2O)C(O)C1O)C(O)CCCCCCCCCCCCCCCCCCCCCC. The van der Waals surface area contributed by atoms with E-state index in [4.69, 9.17) is 28.4 Å². The number of ether oxygens (including phenoxy) is 6. The third-order valence-electron chi connectivity index (χ3n) is 20.5. The smallest absolute Gasteiger partial charge is 0.220 e. The number of amides is 1. The average molecular weight is 1400 g/mol. The molecule has 0 saturated carbocycles. The van der Waals surface area contributed by atoms with Crippen molar-refractivity contribution in [1.82, 2.24) is 5.32 Å². The molecule has 0 aromatic rings. The van der Waals surface area contributed by atoms with Crippen molar-refractivity contribution in [2.24, 2.45) is 0 Å². The van der Waals surface area contributed by atoms with Gasteiger partial charge in [-0.2, -0.15) is 0 Å². The van der Waals surface area contributed by atoms with Crippen molar-refractivity contribution in [3.8, 4) is 0 Å². The van der Waals surface area contributed by atoms with E-state index in [1.54, 1.807) is 0 Å². The number of hydrogen-bond acceptors (Lipinski definition) is 18. The van der Waals surface area contributed by atoms with Crippen molar-refractivity contribution in [2.45, 2.75) is 446 Å². The maximum atomic E-state index is 13.5. The zero-order valence-electron chi connectivity index (χ0n) is 61.8. The summed E-state index contributed by atoms with van der Waals surface area (Å²) in [7, 11) is 0. The Morgan fingerprint density at radius 1 is 0.367 bits per heavy atom. The number of aliphatic hydroxyl groups excluding tert-OH is 11. The van der Waals surface area contributed by atoms with E-state index in [0.29, 0.717) is 12.8 Å². The Labute approximate surface area is 594 Å². The van der Waals surface area contributed by atoms with E-state index in [2.05, 4.69) is 43.5 Å². The van der Waals surface area contributed by atoms with Gasteiger partial charge in [0.25, 0.3) is 0 Å². The van der Waals surface area contributed by atoms with Crippen LogP contribution >= 0.6 is 0 Å². The molecule has 3 aliphatic heterocycles. The maximum Gasteiger partial charge on any atom is 0.220 e. The summed E-state index contributed by atoms with van der Waals surface area (Å²) in [5.41, 5.74) is 0. The van der Waals surface area contributed by atoms with Gasteiger partial charge in [0.15, 0.2) is 18.9 Å². The first-order chi connectivity index (χ1) is 47.8. The summed E-state index contributed by atoms with van der Waals surface area (Å²) in [5, 5.41) is 121. The highest BCUT2D eigenvalue weighted by Gasteiger charge is 2.54. The van der Waals surface area contributed by atoms with E-state index in [1.165, 1.54) is 257 Å². The molecule has 0 aliphatic carbocycles. The van der Waals surface area contributed by atoms with E-state index in [1.807, 2.05) is 0 Å². The van der Waals surface area contributed by atoms with Crippen LogP contribution in [0.2, 0.25) is 0 Å². The Morgan fingerprint density at radius 2 is 0.673 bits per heavy atom. The third-order valence-corrected chi connectivity index (χ3v) is 20.5. The predicted molar refractivity (Wildman–Crippen MR) is 388 cm³/mol. The Morgan fingerprint density at radius 3 is 1.04 bits per heavy atom. The molecule has 0 aromatic carbocycles. The first-order valence-corrected chi connectivity index (χ1v) is 40.6. The number of hydrogen-bond donors (Lipinski definition) is 12. The zero-order valence-corrected chi connectivity index (χ0v) is 61.8. The number of carbonyl (C=O) groups is 1. The second-order valence-electron chi connectivity index (χ2n) is 29.2. The fraction of sp³-hybridized carbons (Fsp3) is 0.937. The molecular formula is C79H149NO18. The van der Waals surface area contributed by atoms with Crippen LogP contribution in [0.25, 0.3) is 0 Å². The number of allylic oxidation sites excluding steroid dienone is 4. The Bertz CT molecular complexity index is 1870. The monoisotopic (exact) mass is 1400 g/mol. The van der Waals surface area contributed by atoms with E-state index < -0.39 is 124 Å². The zero-order chi connectivity index (χ0) is 71.1. The lowest BCUT2D eigenvalue weighted by molar-refractivity contribution is -0.379. The van der Waals surface area contributed by atoms with Gasteiger partial charge in [-0.15, -0.1) is 0 Å². The molecule has 578 valence electrons. The molecular weight excluding hydrogens is 1250 g/mol. The molecule has 3 saturated heterocycles. The van der Waals surface area contributed by atoms with Crippen molar-refractivity contribution in [3.05, 3.63) is 24.3 Å². The summed E-state index contributed by atoms with van der Waals surface area (Å²) in [4.78, 5) is 13.5. The summed E-state index contributed by atoms with van der Waals surface area (Å²) < 4.78 is 34.5. The molecule has 3 rings (SSSR count). The van der Waals surface area contributed by atoms with Gasteiger partial charge in [-0.3, -0.25) is 4.79 Å². The van der Waals surface area contributed by atoms with Gasteiger partial charge >= 0.3 is 0 Å². The van der Waals surface area contributed by atoms with Crippen LogP contribution in [0.15, 0.2) is 24.3 Å². The molecule has 0 bridgehead atoms. The van der Waals surface area contributed by atoms with Crippen LogP contribution in [-0.4, -0.2) is 193 Å². The Kier molecular flexibility index (Phi) is 55.9. The first-order valence-electron chi connectivity index (χ1n) is 40.6. The minimum absolute atomic E-state index is 0.235. The summed E-state index contributed by atoms with van der Waals surface area (Å²) in [6, 6.07) is -0.885. The predicted octanol–water partition coefficient (Wildman–Crippen LogP) is 13.3. The average Bonchev–Trinajstić information content (AvgIpc) is 0.782. The fourth-order valence-corrected chi connectivity index (χ4v) is 14.0. The molecule has 3 fully saturated rings. The van der Waals surface area contributed by atoms with E-state index in [-0.39, 0.29) is 18.9 Å².